The van der Waals surface area contributed by atoms with Gasteiger partial charge in [0.2, 0.25) is 0 Å². The van der Waals surface area contributed by atoms with Gasteiger partial charge in [-0.2, -0.15) is 0 Å². The number of benzene rings is 2. The molecule has 0 saturated carbocycles. The Kier molecular flexibility index (Phi) is 3.88. The first-order valence-corrected chi connectivity index (χ1v) is 7.00. The van der Waals surface area contributed by atoms with Gasteiger partial charge in [-0.25, -0.2) is 0 Å². The predicted octanol–water partition coefficient (Wildman–Crippen LogP) is 3.23. The molecule has 0 fully saturated rings. The number of nitrogens with one attached hydrogen (secondary N) is 1. The minimum atomic E-state index is 0.718. The Morgan fingerprint density at radius 2 is 1.75 bits per heavy atom. The zero-order chi connectivity index (χ0) is 13.8. The van der Waals surface area contributed by atoms with E-state index >= 15 is 0 Å². The van der Waals surface area contributed by atoms with E-state index in [0.717, 1.165) is 43.2 Å². The van der Waals surface area contributed by atoms with Crippen LogP contribution in [0.3, 0.4) is 0 Å². The molecule has 3 nitrogen and oxygen atoms in total. The van der Waals surface area contributed by atoms with E-state index in [1.807, 2.05) is 13.1 Å². The van der Waals surface area contributed by atoms with Crippen molar-refractivity contribution >= 4 is 0 Å². The van der Waals surface area contributed by atoms with Crippen molar-refractivity contribution in [1.82, 2.24) is 5.32 Å². The van der Waals surface area contributed by atoms with Gasteiger partial charge >= 0.3 is 0 Å². The van der Waals surface area contributed by atoms with Crippen LogP contribution in [0.4, 0.5) is 0 Å². The van der Waals surface area contributed by atoms with E-state index < -0.39 is 0 Å². The third-order valence-electron chi connectivity index (χ3n) is 3.39. The van der Waals surface area contributed by atoms with Gasteiger partial charge < -0.3 is 14.8 Å². The molecule has 1 N–H and O–H groups in total. The van der Waals surface area contributed by atoms with Gasteiger partial charge in [-0.3, -0.25) is 0 Å². The Labute approximate surface area is 119 Å². The summed E-state index contributed by atoms with van der Waals surface area (Å²) < 4.78 is 11.4. The molecule has 104 valence electrons. The SMILES string of the molecule is CNCc1cccc(-c2ccc3c(c2)OCCCO3)c1. The first-order chi connectivity index (χ1) is 9.86. The minimum absolute atomic E-state index is 0.718. The average Bonchev–Trinajstić information content (AvgIpc) is 2.72. The second-order valence-electron chi connectivity index (χ2n) is 4.94. The van der Waals surface area contributed by atoms with Gasteiger partial charge in [-0.05, 0) is 41.9 Å². The molecule has 0 bridgehead atoms. The molecule has 3 rings (SSSR count). The fourth-order valence-electron chi connectivity index (χ4n) is 2.41. The summed E-state index contributed by atoms with van der Waals surface area (Å²) in [7, 11) is 1.96. The van der Waals surface area contributed by atoms with E-state index in [2.05, 4.69) is 41.7 Å². The Hall–Kier alpha value is -2.00. The van der Waals surface area contributed by atoms with Crippen LogP contribution < -0.4 is 14.8 Å². The minimum Gasteiger partial charge on any atom is -0.490 e. The number of hydrogen-bond donors (Lipinski definition) is 1. The summed E-state index contributed by atoms with van der Waals surface area (Å²) in [4.78, 5) is 0. The zero-order valence-corrected chi connectivity index (χ0v) is 11.7. The lowest BCUT2D eigenvalue weighted by atomic mass is 10.0. The molecule has 0 atom stereocenters. The molecule has 0 radical (unpaired) electrons. The van der Waals surface area contributed by atoms with Crippen molar-refractivity contribution in [2.75, 3.05) is 20.3 Å². The van der Waals surface area contributed by atoms with E-state index in [-0.39, 0.29) is 0 Å². The average molecular weight is 269 g/mol. The van der Waals surface area contributed by atoms with E-state index in [1.165, 1.54) is 11.1 Å². The van der Waals surface area contributed by atoms with Gasteiger partial charge in [0.15, 0.2) is 11.5 Å². The molecule has 0 aromatic heterocycles. The molecule has 2 aromatic carbocycles. The molecule has 0 aliphatic carbocycles. The second kappa shape index (κ2) is 5.97. The molecule has 20 heavy (non-hydrogen) atoms. The van der Waals surface area contributed by atoms with Gasteiger partial charge in [0.25, 0.3) is 0 Å². The Morgan fingerprint density at radius 1 is 0.950 bits per heavy atom. The summed E-state index contributed by atoms with van der Waals surface area (Å²) in [5.41, 5.74) is 3.64. The van der Waals surface area contributed by atoms with Gasteiger partial charge in [0.05, 0.1) is 13.2 Å². The lowest BCUT2D eigenvalue weighted by Crippen LogP contribution is -2.04. The molecule has 0 spiro atoms. The van der Waals surface area contributed by atoms with Crippen molar-refractivity contribution < 1.29 is 9.47 Å². The van der Waals surface area contributed by atoms with Crippen molar-refractivity contribution in [3.63, 3.8) is 0 Å². The fraction of sp³-hybridized carbons (Fsp3) is 0.294. The molecular weight excluding hydrogens is 250 g/mol. The summed E-state index contributed by atoms with van der Waals surface area (Å²) in [6.07, 6.45) is 0.932. The normalized spacial score (nSPS) is 13.8. The molecule has 1 heterocycles. The maximum absolute atomic E-state index is 5.75. The molecule has 1 aliphatic rings. The quantitative estimate of drug-likeness (QED) is 0.928. The van der Waals surface area contributed by atoms with E-state index in [1.54, 1.807) is 0 Å². The standard InChI is InChI=1S/C17H19NO2/c1-18-12-13-4-2-5-14(10-13)15-6-7-16-17(11-15)20-9-3-8-19-16/h2,4-7,10-11,18H,3,8-9,12H2,1H3. The van der Waals surface area contributed by atoms with E-state index in [0.29, 0.717) is 0 Å². The van der Waals surface area contributed by atoms with Gasteiger partial charge in [-0.1, -0.05) is 24.3 Å². The molecular formula is C17H19NO2. The van der Waals surface area contributed by atoms with Crippen LogP contribution in [-0.2, 0) is 6.54 Å². The Morgan fingerprint density at radius 3 is 2.60 bits per heavy atom. The highest BCUT2D eigenvalue weighted by atomic mass is 16.5. The Balaban J connectivity index is 1.94. The van der Waals surface area contributed by atoms with Crippen molar-refractivity contribution in [3.8, 4) is 22.6 Å². The van der Waals surface area contributed by atoms with Gasteiger partial charge in [-0.15, -0.1) is 0 Å². The van der Waals surface area contributed by atoms with Crippen LogP contribution in [0.1, 0.15) is 12.0 Å². The molecule has 0 saturated heterocycles. The largest absolute Gasteiger partial charge is 0.490 e. The summed E-state index contributed by atoms with van der Waals surface area (Å²) in [5, 5.41) is 3.18. The van der Waals surface area contributed by atoms with Crippen molar-refractivity contribution in [3.05, 3.63) is 48.0 Å². The summed E-state index contributed by atoms with van der Waals surface area (Å²) in [6.45, 7) is 2.32. The van der Waals surface area contributed by atoms with Crippen LogP contribution in [0.15, 0.2) is 42.5 Å². The van der Waals surface area contributed by atoms with Crippen molar-refractivity contribution in [1.29, 1.82) is 0 Å². The fourth-order valence-corrected chi connectivity index (χ4v) is 2.41. The second-order valence-corrected chi connectivity index (χ2v) is 4.94. The first kappa shape index (κ1) is 13.0. The van der Waals surface area contributed by atoms with Crippen LogP contribution in [-0.4, -0.2) is 20.3 Å². The van der Waals surface area contributed by atoms with Gasteiger partial charge in [0.1, 0.15) is 0 Å². The van der Waals surface area contributed by atoms with Crippen LogP contribution in [0.2, 0.25) is 0 Å². The van der Waals surface area contributed by atoms with Crippen molar-refractivity contribution in [2.45, 2.75) is 13.0 Å². The van der Waals surface area contributed by atoms with E-state index in [4.69, 9.17) is 9.47 Å². The first-order valence-electron chi connectivity index (χ1n) is 7.00. The smallest absolute Gasteiger partial charge is 0.161 e. The topological polar surface area (TPSA) is 30.5 Å². The number of fused-ring (bicyclic) bond motifs is 1. The van der Waals surface area contributed by atoms with Crippen LogP contribution >= 0.6 is 0 Å². The monoisotopic (exact) mass is 269 g/mol. The van der Waals surface area contributed by atoms with Gasteiger partial charge in [0, 0.05) is 13.0 Å². The highest BCUT2D eigenvalue weighted by Gasteiger charge is 2.11. The summed E-state index contributed by atoms with van der Waals surface area (Å²) >= 11 is 0. The maximum atomic E-state index is 5.75. The number of hydrogen-bond acceptors (Lipinski definition) is 3. The molecule has 0 amide bonds. The third-order valence-corrected chi connectivity index (χ3v) is 3.39. The molecule has 2 aromatic rings. The number of ether oxygens (including phenoxy) is 2. The highest BCUT2D eigenvalue weighted by molar-refractivity contribution is 5.67. The summed E-state index contributed by atoms with van der Waals surface area (Å²) in [6, 6.07) is 14.7. The lowest BCUT2D eigenvalue weighted by molar-refractivity contribution is 0.297. The Bertz CT molecular complexity index is 595. The summed E-state index contributed by atoms with van der Waals surface area (Å²) in [5.74, 6) is 1.69. The molecule has 1 aliphatic heterocycles. The zero-order valence-electron chi connectivity index (χ0n) is 11.7. The van der Waals surface area contributed by atoms with Crippen LogP contribution in [0.25, 0.3) is 11.1 Å². The van der Waals surface area contributed by atoms with Crippen molar-refractivity contribution in [2.24, 2.45) is 0 Å². The lowest BCUT2D eigenvalue weighted by Gasteiger charge is -2.10. The predicted molar refractivity (Wildman–Crippen MR) is 80.2 cm³/mol. The molecule has 0 unspecified atom stereocenters. The van der Waals surface area contributed by atoms with Crippen LogP contribution in [0.5, 0.6) is 11.5 Å². The maximum Gasteiger partial charge on any atom is 0.161 e. The molecule has 3 heteroatoms. The highest BCUT2D eigenvalue weighted by Crippen LogP contribution is 2.34. The van der Waals surface area contributed by atoms with Crippen LogP contribution in [0, 0.1) is 0 Å². The number of rotatable bonds is 3. The third kappa shape index (κ3) is 2.78. The van der Waals surface area contributed by atoms with E-state index in [9.17, 15) is 0 Å².